The fraction of sp³-hybridized carbons (Fsp3) is 0.154. The first-order valence-corrected chi connectivity index (χ1v) is 5.50. The van der Waals surface area contributed by atoms with E-state index in [-0.39, 0.29) is 6.42 Å². The van der Waals surface area contributed by atoms with E-state index in [0.29, 0.717) is 0 Å². The van der Waals surface area contributed by atoms with Crippen molar-refractivity contribution in [2.45, 2.75) is 12.5 Å². The Hall–Kier alpha value is -2.27. The van der Waals surface area contributed by atoms with E-state index in [2.05, 4.69) is 9.97 Å². The molecule has 1 heterocycles. The topological polar surface area (TPSA) is 89.1 Å². The van der Waals surface area contributed by atoms with Gasteiger partial charge in [0, 0.05) is 24.0 Å². The summed E-state index contributed by atoms with van der Waals surface area (Å²) in [6.07, 6.45) is 4.77. The number of aromatic nitrogens is 2. The molecule has 1 aromatic heterocycles. The average molecular weight is 243 g/mol. The second kappa shape index (κ2) is 5.37. The second-order valence-corrected chi connectivity index (χ2v) is 3.92. The zero-order valence-corrected chi connectivity index (χ0v) is 9.65. The van der Waals surface area contributed by atoms with Gasteiger partial charge in [-0.1, -0.05) is 18.2 Å². The second-order valence-electron chi connectivity index (χ2n) is 3.92. The van der Waals surface area contributed by atoms with Crippen molar-refractivity contribution in [3.8, 4) is 11.3 Å². The number of carboxylic acids is 1. The van der Waals surface area contributed by atoms with Gasteiger partial charge >= 0.3 is 5.97 Å². The number of carboxylic acid groups (broad SMARTS) is 1. The quantitative estimate of drug-likeness (QED) is 0.851. The van der Waals surface area contributed by atoms with E-state index < -0.39 is 12.0 Å². The van der Waals surface area contributed by atoms with Gasteiger partial charge in [-0.15, -0.1) is 0 Å². The Kier molecular flexibility index (Phi) is 3.64. The maximum Gasteiger partial charge on any atom is 0.305 e. The van der Waals surface area contributed by atoms with Crippen LogP contribution in [0.25, 0.3) is 11.3 Å². The number of aliphatic carboxylic acids is 1. The Morgan fingerprint density at radius 3 is 2.89 bits per heavy atom. The number of benzene rings is 1. The first-order valence-electron chi connectivity index (χ1n) is 5.50. The number of carbonyl (C=O) groups is 1. The molecule has 0 spiro atoms. The lowest BCUT2D eigenvalue weighted by molar-refractivity contribution is -0.137. The van der Waals surface area contributed by atoms with Crippen LogP contribution in [0.2, 0.25) is 0 Å². The Bertz CT molecular complexity index is 543. The molecule has 5 heteroatoms. The molecular weight excluding hydrogens is 230 g/mol. The highest BCUT2D eigenvalue weighted by Crippen LogP contribution is 2.21. The molecule has 2 rings (SSSR count). The highest BCUT2D eigenvalue weighted by molar-refractivity contribution is 5.68. The molecule has 0 saturated carbocycles. The lowest BCUT2D eigenvalue weighted by atomic mass is 10.0. The minimum Gasteiger partial charge on any atom is -0.481 e. The lowest BCUT2D eigenvalue weighted by Gasteiger charge is -2.10. The van der Waals surface area contributed by atoms with E-state index in [9.17, 15) is 4.79 Å². The minimum atomic E-state index is -0.910. The molecule has 0 aliphatic rings. The molecular formula is C13H13N3O2. The molecule has 0 amide bonds. The van der Waals surface area contributed by atoms with Crippen LogP contribution in [-0.4, -0.2) is 21.0 Å². The van der Waals surface area contributed by atoms with Gasteiger partial charge in [-0.2, -0.15) is 0 Å². The van der Waals surface area contributed by atoms with Crippen molar-refractivity contribution in [3.05, 3.63) is 48.4 Å². The van der Waals surface area contributed by atoms with Gasteiger partial charge in [0.2, 0.25) is 0 Å². The van der Waals surface area contributed by atoms with Crippen molar-refractivity contribution in [3.63, 3.8) is 0 Å². The maximum absolute atomic E-state index is 10.6. The summed E-state index contributed by atoms with van der Waals surface area (Å²) in [6, 6.07) is 6.87. The normalized spacial score (nSPS) is 12.1. The Balaban J connectivity index is 2.28. The van der Waals surface area contributed by atoms with Crippen LogP contribution in [0.3, 0.4) is 0 Å². The number of hydrogen-bond donors (Lipinski definition) is 2. The molecule has 0 bridgehead atoms. The van der Waals surface area contributed by atoms with Crippen LogP contribution in [0, 0.1) is 0 Å². The van der Waals surface area contributed by atoms with Gasteiger partial charge in [-0.3, -0.25) is 14.8 Å². The number of nitrogens with zero attached hydrogens (tertiary/aromatic N) is 2. The maximum atomic E-state index is 10.6. The van der Waals surface area contributed by atoms with Crippen molar-refractivity contribution in [2.75, 3.05) is 0 Å². The molecule has 0 aliphatic heterocycles. The van der Waals surface area contributed by atoms with Gasteiger partial charge in [0.15, 0.2) is 0 Å². The summed E-state index contributed by atoms with van der Waals surface area (Å²) in [4.78, 5) is 18.8. The van der Waals surface area contributed by atoms with Gasteiger partial charge in [-0.25, -0.2) is 0 Å². The van der Waals surface area contributed by atoms with Crippen molar-refractivity contribution < 1.29 is 9.90 Å². The summed E-state index contributed by atoms with van der Waals surface area (Å²) in [7, 11) is 0. The molecule has 2 aromatic rings. The van der Waals surface area contributed by atoms with Gasteiger partial charge in [0.05, 0.1) is 18.3 Å². The first kappa shape index (κ1) is 12.2. The van der Waals surface area contributed by atoms with Gasteiger partial charge < -0.3 is 10.8 Å². The highest BCUT2D eigenvalue weighted by Gasteiger charge is 2.11. The number of rotatable bonds is 4. The molecule has 5 nitrogen and oxygen atoms in total. The Morgan fingerprint density at radius 2 is 2.22 bits per heavy atom. The van der Waals surface area contributed by atoms with Crippen molar-refractivity contribution >= 4 is 5.97 Å². The number of nitrogens with two attached hydrogens (primary N) is 1. The van der Waals surface area contributed by atoms with Gasteiger partial charge in [0.25, 0.3) is 0 Å². The molecule has 0 aliphatic carbocycles. The summed E-state index contributed by atoms with van der Waals surface area (Å²) in [6.45, 7) is 0. The third-order valence-electron chi connectivity index (χ3n) is 2.57. The molecule has 1 aromatic carbocycles. The van der Waals surface area contributed by atoms with Crippen molar-refractivity contribution in [2.24, 2.45) is 5.73 Å². The largest absolute Gasteiger partial charge is 0.481 e. The molecule has 18 heavy (non-hydrogen) atoms. The van der Waals surface area contributed by atoms with E-state index in [1.807, 2.05) is 24.3 Å². The van der Waals surface area contributed by atoms with E-state index in [4.69, 9.17) is 10.8 Å². The minimum absolute atomic E-state index is 0.0933. The average Bonchev–Trinajstić information content (AvgIpc) is 2.39. The van der Waals surface area contributed by atoms with Crippen LogP contribution in [0.4, 0.5) is 0 Å². The molecule has 0 radical (unpaired) electrons. The summed E-state index contributed by atoms with van der Waals surface area (Å²) >= 11 is 0. The van der Waals surface area contributed by atoms with Gasteiger partial charge in [-0.05, 0) is 11.6 Å². The first-order chi connectivity index (χ1) is 8.66. The van der Waals surface area contributed by atoms with Crippen LogP contribution in [0.5, 0.6) is 0 Å². The molecule has 0 fully saturated rings. The molecule has 3 N–H and O–H groups in total. The van der Waals surface area contributed by atoms with Crippen LogP contribution in [0.1, 0.15) is 18.0 Å². The smallest absolute Gasteiger partial charge is 0.305 e. The molecule has 0 saturated heterocycles. The monoisotopic (exact) mass is 243 g/mol. The van der Waals surface area contributed by atoms with Crippen LogP contribution in [-0.2, 0) is 4.79 Å². The molecule has 1 atom stereocenters. The van der Waals surface area contributed by atoms with E-state index in [0.717, 1.165) is 16.8 Å². The zero-order chi connectivity index (χ0) is 13.0. The van der Waals surface area contributed by atoms with Crippen molar-refractivity contribution in [1.82, 2.24) is 9.97 Å². The fourth-order valence-electron chi connectivity index (χ4n) is 1.68. The summed E-state index contributed by atoms with van der Waals surface area (Å²) in [5, 5.41) is 8.73. The fourth-order valence-corrected chi connectivity index (χ4v) is 1.68. The predicted octanol–water partition coefficient (Wildman–Crippen LogP) is 1.62. The summed E-state index contributed by atoms with van der Waals surface area (Å²) in [5.41, 5.74) is 8.22. The van der Waals surface area contributed by atoms with E-state index >= 15 is 0 Å². The van der Waals surface area contributed by atoms with Gasteiger partial charge in [0.1, 0.15) is 0 Å². The van der Waals surface area contributed by atoms with Crippen LogP contribution >= 0.6 is 0 Å². The number of hydrogen-bond acceptors (Lipinski definition) is 4. The van der Waals surface area contributed by atoms with Crippen molar-refractivity contribution in [1.29, 1.82) is 0 Å². The summed E-state index contributed by atoms with van der Waals surface area (Å²) in [5.74, 6) is -0.910. The standard InChI is InChI=1S/C13H13N3O2/c14-11(7-13(17)18)9-2-1-3-10(6-9)12-8-15-4-5-16-12/h1-6,8,11H,7,14H2,(H,17,18)/t11-/m0/s1. The molecule has 0 unspecified atom stereocenters. The van der Waals surface area contributed by atoms with Crippen LogP contribution in [0.15, 0.2) is 42.9 Å². The van der Waals surface area contributed by atoms with E-state index in [1.54, 1.807) is 18.6 Å². The lowest BCUT2D eigenvalue weighted by Crippen LogP contribution is -2.14. The Labute approximate surface area is 104 Å². The Morgan fingerprint density at radius 1 is 1.39 bits per heavy atom. The van der Waals surface area contributed by atoms with E-state index in [1.165, 1.54) is 0 Å². The third kappa shape index (κ3) is 2.89. The third-order valence-corrected chi connectivity index (χ3v) is 2.57. The molecule has 92 valence electrons. The SMILES string of the molecule is N[C@@H](CC(=O)O)c1cccc(-c2cnccn2)c1. The predicted molar refractivity (Wildman–Crippen MR) is 66.6 cm³/mol. The zero-order valence-electron chi connectivity index (χ0n) is 9.65. The summed E-state index contributed by atoms with van der Waals surface area (Å²) < 4.78 is 0. The van der Waals surface area contributed by atoms with Crippen LogP contribution < -0.4 is 5.73 Å². The highest BCUT2D eigenvalue weighted by atomic mass is 16.4.